The quantitative estimate of drug-likeness (QED) is 0.712. The summed E-state index contributed by atoms with van der Waals surface area (Å²) in [5.41, 5.74) is 0.506. The maximum absolute atomic E-state index is 11.9. The number of hydrogen-bond acceptors (Lipinski definition) is 3. The SMILES string of the molecule is COc1ccc(Cl)cc1NC(=O)NCCOc1ccc(Br)cc1. The number of methoxy groups -OCH3 is 1. The second-order valence-corrected chi connectivity index (χ2v) is 5.88. The molecule has 0 saturated carbocycles. The maximum atomic E-state index is 11.9. The molecule has 2 amide bonds. The van der Waals surface area contributed by atoms with Crippen molar-refractivity contribution in [1.29, 1.82) is 0 Å². The van der Waals surface area contributed by atoms with Gasteiger partial charge < -0.3 is 20.1 Å². The predicted molar refractivity (Wildman–Crippen MR) is 94.7 cm³/mol. The van der Waals surface area contributed by atoms with Gasteiger partial charge in [-0.15, -0.1) is 0 Å². The zero-order chi connectivity index (χ0) is 16.7. The molecule has 0 unspecified atom stereocenters. The van der Waals surface area contributed by atoms with Crippen molar-refractivity contribution < 1.29 is 14.3 Å². The molecule has 2 N–H and O–H groups in total. The average Bonchev–Trinajstić information content (AvgIpc) is 2.53. The normalized spacial score (nSPS) is 10.0. The number of hydrogen-bond donors (Lipinski definition) is 2. The Kier molecular flexibility index (Phi) is 6.55. The van der Waals surface area contributed by atoms with Gasteiger partial charge in [0.2, 0.25) is 0 Å². The highest BCUT2D eigenvalue weighted by atomic mass is 79.9. The first-order valence-electron chi connectivity index (χ1n) is 6.85. The molecule has 2 aromatic rings. The van der Waals surface area contributed by atoms with E-state index in [2.05, 4.69) is 26.6 Å². The van der Waals surface area contributed by atoms with Gasteiger partial charge in [0.05, 0.1) is 19.3 Å². The van der Waals surface area contributed by atoms with Crippen LogP contribution in [-0.4, -0.2) is 26.3 Å². The van der Waals surface area contributed by atoms with Crippen molar-refractivity contribution in [2.45, 2.75) is 0 Å². The van der Waals surface area contributed by atoms with Gasteiger partial charge in [-0.2, -0.15) is 0 Å². The molecule has 0 atom stereocenters. The number of rotatable bonds is 6. The summed E-state index contributed by atoms with van der Waals surface area (Å²) in [6.45, 7) is 0.729. The third-order valence-electron chi connectivity index (χ3n) is 2.88. The van der Waals surface area contributed by atoms with Gasteiger partial charge in [0.25, 0.3) is 0 Å². The van der Waals surface area contributed by atoms with Crippen LogP contribution in [0.25, 0.3) is 0 Å². The highest BCUT2D eigenvalue weighted by Crippen LogP contribution is 2.27. The predicted octanol–water partition coefficient (Wildman–Crippen LogP) is 4.31. The third kappa shape index (κ3) is 5.65. The summed E-state index contributed by atoms with van der Waals surface area (Å²) in [6, 6.07) is 12.1. The number of nitrogens with one attached hydrogen (secondary N) is 2. The van der Waals surface area contributed by atoms with E-state index in [1.165, 1.54) is 7.11 Å². The Morgan fingerprint density at radius 3 is 2.65 bits per heavy atom. The van der Waals surface area contributed by atoms with Gasteiger partial charge in [-0.1, -0.05) is 27.5 Å². The van der Waals surface area contributed by atoms with E-state index in [0.717, 1.165) is 10.2 Å². The molecule has 0 heterocycles. The van der Waals surface area contributed by atoms with Gasteiger partial charge in [0.15, 0.2) is 0 Å². The molecular formula is C16H16BrClN2O3. The Morgan fingerprint density at radius 1 is 1.22 bits per heavy atom. The van der Waals surface area contributed by atoms with E-state index in [-0.39, 0.29) is 6.03 Å². The number of amides is 2. The molecule has 0 fully saturated rings. The van der Waals surface area contributed by atoms with Crippen molar-refractivity contribution in [1.82, 2.24) is 5.32 Å². The van der Waals surface area contributed by atoms with E-state index in [4.69, 9.17) is 21.1 Å². The number of urea groups is 1. The summed E-state index contributed by atoms with van der Waals surface area (Å²) in [4.78, 5) is 11.9. The summed E-state index contributed by atoms with van der Waals surface area (Å²) < 4.78 is 11.7. The zero-order valence-electron chi connectivity index (χ0n) is 12.4. The molecule has 2 rings (SSSR count). The van der Waals surface area contributed by atoms with Crippen LogP contribution in [-0.2, 0) is 0 Å². The number of halogens is 2. The molecule has 7 heteroatoms. The minimum absolute atomic E-state index is 0.357. The van der Waals surface area contributed by atoms with Gasteiger partial charge in [-0.3, -0.25) is 0 Å². The Labute approximate surface area is 148 Å². The van der Waals surface area contributed by atoms with Crippen LogP contribution in [0.4, 0.5) is 10.5 Å². The molecule has 5 nitrogen and oxygen atoms in total. The molecule has 23 heavy (non-hydrogen) atoms. The van der Waals surface area contributed by atoms with Crippen LogP contribution in [0.2, 0.25) is 5.02 Å². The number of carbonyl (C=O) groups excluding carboxylic acids is 1. The van der Waals surface area contributed by atoms with Crippen LogP contribution in [0.5, 0.6) is 11.5 Å². The van der Waals surface area contributed by atoms with Crippen molar-refractivity contribution in [3.8, 4) is 11.5 Å². The summed E-state index contributed by atoms with van der Waals surface area (Å²) in [5.74, 6) is 1.28. The Bertz CT molecular complexity index is 665. The van der Waals surface area contributed by atoms with Crippen molar-refractivity contribution in [3.05, 3.63) is 52.0 Å². The summed E-state index contributed by atoms with van der Waals surface area (Å²) in [7, 11) is 1.53. The molecule has 0 aliphatic carbocycles. The van der Waals surface area contributed by atoms with Crippen molar-refractivity contribution in [2.75, 3.05) is 25.6 Å². The fourth-order valence-electron chi connectivity index (χ4n) is 1.81. The lowest BCUT2D eigenvalue weighted by atomic mass is 10.3. The molecule has 2 aromatic carbocycles. The lowest BCUT2D eigenvalue weighted by molar-refractivity contribution is 0.247. The van der Waals surface area contributed by atoms with E-state index in [9.17, 15) is 4.79 Å². The van der Waals surface area contributed by atoms with E-state index in [0.29, 0.717) is 29.6 Å². The van der Waals surface area contributed by atoms with Crippen LogP contribution in [0.15, 0.2) is 46.9 Å². The second kappa shape index (κ2) is 8.64. The highest BCUT2D eigenvalue weighted by molar-refractivity contribution is 9.10. The molecule has 0 aliphatic rings. The largest absolute Gasteiger partial charge is 0.495 e. The van der Waals surface area contributed by atoms with Gasteiger partial charge in [-0.05, 0) is 42.5 Å². The van der Waals surface area contributed by atoms with Crippen LogP contribution in [0.3, 0.4) is 0 Å². The average molecular weight is 400 g/mol. The molecule has 0 spiro atoms. The first-order chi connectivity index (χ1) is 11.1. The van der Waals surface area contributed by atoms with E-state index in [1.54, 1.807) is 18.2 Å². The molecule has 0 aromatic heterocycles. The monoisotopic (exact) mass is 398 g/mol. The smallest absolute Gasteiger partial charge is 0.319 e. The van der Waals surface area contributed by atoms with Gasteiger partial charge >= 0.3 is 6.03 Å². The zero-order valence-corrected chi connectivity index (χ0v) is 14.8. The van der Waals surface area contributed by atoms with Gasteiger partial charge in [0, 0.05) is 9.50 Å². The first-order valence-corrected chi connectivity index (χ1v) is 8.02. The molecule has 0 saturated heterocycles. The topological polar surface area (TPSA) is 59.6 Å². The summed E-state index contributed by atoms with van der Waals surface area (Å²) in [6.07, 6.45) is 0. The second-order valence-electron chi connectivity index (χ2n) is 4.53. The molecular weight excluding hydrogens is 384 g/mol. The summed E-state index contributed by atoms with van der Waals surface area (Å²) >= 11 is 9.27. The van der Waals surface area contributed by atoms with Crippen LogP contribution in [0, 0.1) is 0 Å². The lowest BCUT2D eigenvalue weighted by Crippen LogP contribution is -2.32. The minimum atomic E-state index is -0.357. The Morgan fingerprint density at radius 2 is 1.96 bits per heavy atom. The van der Waals surface area contributed by atoms with Crippen molar-refractivity contribution in [2.24, 2.45) is 0 Å². The first kappa shape index (κ1) is 17.4. The van der Waals surface area contributed by atoms with E-state index in [1.807, 2.05) is 24.3 Å². The number of benzene rings is 2. The third-order valence-corrected chi connectivity index (χ3v) is 3.64. The molecule has 122 valence electrons. The molecule has 0 bridgehead atoms. The van der Waals surface area contributed by atoms with Crippen LogP contribution < -0.4 is 20.1 Å². The number of carbonyl (C=O) groups is 1. The lowest BCUT2D eigenvalue weighted by Gasteiger charge is -2.12. The van der Waals surface area contributed by atoms with Crippen LogP contribution in [0.1, 0.15) is 0 Å². The maximum Gasteiger partial charge on any atom is 0.319 e. The standard InChI is InChI=1S/C16H16BrClN2O3/c1-22-15-7-4-12(18)10-14(15)20-16(21)19-8-9-23-13-5-2-11(17)3-6-13/h2-7,10H,8-9H2,1H3,(H2,19,20,21). The molecule has 0 aliphatic heterocycles. The van der Waals surface area contributed by atoms with E-state index >= 15 is 0 Å². The fraction of sp³-hybridized carbons (Fsp3) is 0.188. The van der Waals surface area contributed by atoms with Crippen molar-refractivity contribution >= 4 is 39.2 Å². The Balaban J connectivity index is 1.77. The van der Waals surface area contributed by atoms with Gasteiger partial charge in [0.1, 0.15) is 18.1 Å². The number of ether oxygens (including phenoxy) is 2. The van der Waals surface area contributed by atoms with E-state index < -0.39 is 0 Å². The summed E-state index contributed by atoms with van der Waals surface area (Å²) in [5, 5.41) is 5.90. The van der Waals surface area contributed by atoms with Crippen LogP contribution >= 0.6 is 27.5 Å². The highest BCUT2D eigenvalue weighted by Gasteiger charge is 2.07. The number of anilines is 1. The minimum Gasteiger partial charge on any atom is -0.495 e. The Hall–Kier alpha value is -1.92. The molecule has 0 radical (unpaired) electrons. The fourth-order valence-corrected chi connectivity index (χ4v) is 2.25. The van der Waals surface area contributed by atoms with Crippen molar-refractivity contribution in [3.63, 3.8) is 0 Å². The van der Waals surface area contributed by atoms with Gasteiger partial charge in [-0.25, -0.2) is 4.79 Å².